The van der Waals surface area contributed by atoms with Crippen LogP contribution in [0.25, 0.3) is 11.1 Å². The maximum Gasteiger partial charge on any atom is 0.573 e. The zero-order valence-electron chi connectivity index (χ0n) is 14.5. The molecule has 0 bridgehead atoms. The topological polar surface area (TPSA) is 58.6 Å². The normalized spacial score (nSPS) is 12.3. The molecule has 1 amide bonds. The van der Waals surface area contributed by atoms with Crippen LogP contribution in [0.5, 0.6) is 5.75 Å². The molecule has 0 saturated heterocycles. The smallest absolute Gasteiger partial charge is 0.405 e. The molecule has 1 atom stereocenters. The van der Waals surface area contributed by atoms with Crippen LogP contribution in [0.2, 0.25) is 0 Å². The molecule has 0 radical (unpaired) electrons. The van der Waals surface area contributed by atoms with Gasteiger partial charge in [0.25, 0.3) is 5.91 Å². The molecule has 2 N–H and O–H groups in total. The van der Waals surface area contributed by atoms with Gasteiger partial charge in [0.2, 0.25) is 0 Å². The molecule has 0 spiro atoms. The van der Waals surface area contributed by atoms with Gasteiger partial charge in [-0.05, 0) is 28.8 Å². The molecular weight excluding hydrogens is 371 g/mol. The summed E-state index contributed by atoms with van der Waals surface area (Å²) in [4.78, 5) is 12.3. The average molecular weight is 387 g/mol. The Bertz CT molecular complexity index is 958. The van der Waals surface area contributed by atoms with Crippen LogP contribution >= 0.6 is 0 Å². The molecule has 0 aliphatic rings. The fourth-order valence-electron chi connectivity index (χ4n) is 3.01. The lowest BCUT2D eigenvalue weighted by molar-refractivity contribution is -0.274. The Morgan fingerprint density at radius 2 is 1.54 bits per heavy atom. The van der Waals surface area contributed by atoms with Crippen LogP contribution in [0.3, 0.4) is 0 Å². The molecule has 0 aliphatic carbocycles. The van der Waals surface area contributed by atoms with E-state index in [1.165, 1.54) is 18.2 Å². The average Bonchev–Trinajstić information content (AvgIpc) is 2.68. The summed E-state index contributed by atoms with van der Waals surface area (Å²) in [6.45, 7) is 0. The second kappa shape index (κ2) is 8.14. The Morgan fingerprint density at radius 3 is 2.21 bits per heavy atom. The van der Waals surface area contributed by atoms with E-state index in [0.717, 1.165) is 0 Å². The lowest BCUT2D eigenvalue weighted by Gasteiger charge is -2.18. The number of carbonyl (C=O) groups is 1. The third-order valence-electron chi connectivity index (χ3n) is 4.15. The number of ether oxygens (including phenoxy) is 1. The summed E-state index contributed by atoms with van der Waals surface area (Å²) in [6, 6.07) is 21.1. The SMILES string of the molecule is O=C(NO)C(c1ccccc1)c1cccc(-c2ccccc2OC(F)(F)F)c1. The van der Waals surface area contributed by atoms with E-state index in [9.17, 15) is 18.0 Å². The molecule has 4 nitrogen and oxygen atoms in total. The van der Waals surface area contributed by atoms with Crippen molar-refractivity contribution in [2.45, 2.75) is 12.3 Å². The number of alkyl halides is 3. The molecule has 0 aliphatic heterocycles. The first-order valence-corrected chi connectivity index (χ1v) is 8.33. The molecule has 144 valence electrons. The third kappa shape index (κ3) is 4.50. The van der Waals surface area contributed by atoms with E-state index in [1.807, 2.05) is 0 Å². The Kier molecular flexibility index (Phi) is 5.65. The monoisotopic (exact) mass is 387 g/mol. The molecule has 1 unspecified atom stereocenters. The van der Waals surface area contributed by atoms with Gasteiger partial charge in [0.1, 0.15) is 5.75 Å². The number of para-hydroxylation sites is 1. The molecule has 3 rings (SSSR count). The van der Waals surface area contributed by atoms with Crippen molar-refractivity contribution in [1.29, 1.82) is 0 Å². The van der Waals surface area contributed by atoms with Crippen LogP contribution in [0.15, 0.2) is 78.9 Å². The van der Waals surface area contributed by atoms with Gasteiger partial charge in [-0.3, -0.25) is 10.0 Å². The lowest BCUT2D eigenvalue weighted by Crippen LogP contribution is -2.27. The molecule has 28 heavy (non-hydrogen) atoms. The molecule has 3 aromatic rings. The van der Waals surface area contributed by atoms with Crippen LogP contribution in [-0.4, -0.2) is 17.5 Å². The zero-order valence-corrected chi connectivity index (χ0v) is 14.5. The maximum atomic E-state index is 12.7. The Balaban J connectivity index is 2.06. The number of rotatable bonds is 5. The molecular formula is C21H16F3NO3. The highest BCUT2D eigenvalue weighted by molar-refractivity contribution is 5.87. The summed E-state index contributed by atoms with van der Waals surface area (Å²) in [5, 5.41) is 9.14. The van der Waals surface area contributed by atoms with Crippen molar-refractivity contribution >= 4 is 5.91 Å². The van der Waals surface area contributed by atoms with Crippen molar-refractivity contribution in [2.24, 2.45) is 0 Å². The van der Waals surface area contributed by atoms with Crippen molar-refractivity contribution in [2.75, 3.05) is 0 Å². The van der Waals surface area contributed by atoms with E-state index >= 15 is 0 Å². The number of hydrogen-bond acceptors (Lipinski definition) is 3. The predicted octanol–water partition coefficient (Wildman–Crippen LogP) is 4.89. The standard InChI is InChI=1S/C21H16F3NO3/c22-21(23,24)28-18-12-5-4-11-17(18)15-9-6-10-16(13-15)19(20(26)25-27)14-7-2-1-3-8-14/h1-13,19,27H,(H,25,26). The van der Waals surface area contributed by atoms with Crippen molar-refractivity contribution < 1.29 is 27.9 Å². The minimum atomic E-state index is -4.82. The number of benzene rings is 3. The first-order chi connectivity index (χ1) is 13.4. The van der Waals surface area contributed by atoms with Crippen molar-refractivity contribution in [1.82, 2.24) is 5.48 Å². The predicted molar refractivity (Wildman–Crippen MR) is 96.8 cm³/mol. The summed E-state index contributed by atoms with van der Waals surface area (Å²) in [5.41, 5.74) is 3.48. The van der Waals surface area contributed by atoms with Gasteiger partial charge in [0, 0.05) is 5.56 Å². The summed E-state index contributed by atoms with van der Waals surface area (Å²) < 4.78 is 42.3. The van der Waals surface area contributed by atoms with Crippen LogP contribution in [0.4, 0.5) is 13.2 Å². The van der Waals surface area contributed by atoms with Gasteiger partial charge in [0.05, 0.1) is 5.92 Å². The van der Waals surface area contributed by atoms with Crippen molar-refractivity contribution in [3.05, 3.63) is 90.0 Å². The van der Waals surface area contributed by atoms with Gasteiger partial charge in [-0.2, -0.15) is 0 Å². The summed E-state index contributed by atoms with van der Waals surface area (Å²) in [5.74, 6) is -1.82. The molecule has 0 heterocycles. The number of hydroxylamine groups is 1. The summed E-state index contributed by atoms with van der Waals surface area (Å²) in [7, 11) is 0. The number of nitrogens with one attached hydrogen (secondary N) is 1. The van der Waals surface area contributed by atoms with Crippen LogP contribution in [0, 0.1) is 0 Å². The lowest BCUT2D eigenvalue weighted by atomic mass is 9.88. The van der Waals surface area contributed by atoms with Gasteiger partial charge in [0.15, 0.2) is 0 Å². The third-order valence-corrected chi connectivity index (χ3v) is 4.15. The molecule has 7 heteroatoms. The Hall–Kier alpha value is -3.32. The minimum absolute atomic E-state index is 0.234. The fourth-order valence-corrected chi connectivity index (χ4v) is 3.01. The number of hydrogen-bond donors (Lipinski definition) is 2. The second-order valence-electron chi connectivity index (χ2n) is 5.99. The zero-order chi connectivity index (χ0) is 20.1. The van der Waals surface area contributed by atoms with Crippen LogP contribution in [-0.2, 0) is 4.79 Å². The van der Waals surface area contributed by atoms with Crippen LogP contribution < -0.4 is 10.2 Å². The highest BCUT2D eigenvalue weighted by Crippen LogP contribution is 2.35. The van der Waals surface area contributed by atoms with Gasteiger partial charge in [-0.25, -0.2) is 5.48 Å². The van der Waals surface area contributed by atoms with E-state index in [0.29, 0.717) is 16.7 Å². The summed E-state index contributed by atoms with van der Waals surface area (Å²) >= 11 is 0. The fraction of sp³-hybridized carbons (Fsp3) is 0.0952. The first-order valence-electron chi connectivity index (χ1n) is 8.33. The van der Waals surface area contributed by atoms with E-state index in [1.54, 1.807) is 66.1 Å². The molecule has 0 saturated carbocycles. The van der Waals surface area contributed by atoms with Gasteiger partial charge in [-0.1, -0.05) is 66.7 Å². The quantitative estimate of drug-likeness (QED) is 0.484. The minimum Gasteiger partial charge on any atom is -0.405 e. The van der Waals surface area contributed by atoms with Crippen molar-refractivity contribution in [3.8, 4) is 16.9 Å². The largest absolute Gasteiger partial charge is 0.573 e. The maximum absolute atomic E-state index is 12.7. The van der Waals surface area contributed by atoms with Gasteiger partial charge >= 0.3 is 6.36 Å². The second-order valence-corrected chi connectivity index (χ2v) is 5.99. The highest BCUT2D eigenvalue weighted by atomic mass is 19.4. The molecule has 3 aromatic carbocycles. The van der Waals surface area contributed by atoms with Gasteiger partial charge in [-0.15, -0.1) is 13.2 Å². The highest BCUT2D eigenvalue weighted by Gasteiger charge is 2.32. The first kappa shape index (κ1) is 19.4. The summed E-state index contributed by atoms with van der Waals surface area (Å²) in [6.07, 6.45) is -4.82. The molecule has 0 fully saturated rings. The van der Waals surface area contributed by atoms with E-state index < -0.39 is 18.2 Å². The number of carbonyl (C=O) groups excluding carboxylic acids is 1. The van der Waals surface area contributed by atoms with Gasteiger partial charge < -0.3 is 4.74 Å². The number of halogens is 3. The van der Waals surface area contributed by atoms with E-state index in [2.05, 4.69) is 4.74 Å². The van der Waals surface area contributed by atoms with E-state index in [-0.39, 0.29) is 11.3 Å². The Labute approximate surface area is 159 Å². The van der Waals surface area contributed by atoms with Crippen LogP contribution in [0.1, 0.15) is 17.0 Å². The molecule has 0 aromatic heterocycles. The van der Waals surface area contributed by atoms with Crippen molar-refractivity contribution in [3.63, 3.8) is 0 Å². The van der Waals surface area contributed by atoms with E-state index in [4.69, 9.17) is 5.21 Å². The number of amides is 1. The Morgan fingerprint density at radius 1 is 0.893 bits per heavy atom.